The van der Waals surface area contributed by atoms with E-state index < -0.39 is 0 Å². The van der Waals surface area contributed by atoms with Crippen molar-refractivity contribution in [2.24, 2.45) is 0 Å². The van der Waals surface area contributed by atoms with Crippen molar-refractivity contribution in [2.75, 3.05) is 14.1 Å². The molecule has 0 unspecified atom stereocenters. The number of rotatable bonds is 1. The van der Waals surface area contributed by atoms with Crippen molar-refractivity contribution in [1.82, 2.24) is 4.90 Å². The highest BCUT2D eigenvalue weighted by Gasteiger charge is 2.05. The fourth-order valence-corrected chi connectivity index (χ4v) is 0.822. The summed E-state index contributed by atoms with van der Waals surface area (Å²) in [5.41, 5.74) is 0.0828. The van der Waals surface area contributed by atoms with Crippen LogP contribution < -0.4 is 0 Å². The SMILES string of the molecule is [2H]c1cc(Cl)cc([2H])c1C(=O)N(C)C. The van der Waals surface area contributed by atoms with Crippen LogP contribution in [0.15, 0.2) is 24.2 Å². The monoisotopic (exact) mass is 185 g/mol. The van der Waals surface area contributed by atoms with Crippen LogP contribution in [0.25, 0.3) is 0 Å². The van der Waals surface area contributed by atoms with Crippen molar-refractivity contribution >= 4 is 17.5 Å². The van der Waals surface area contributed by atoms with Crippen molar-refractivity contribution in [1.29, 1.82) is 0 Å². The van der Waals surface area contributed by atoms with Gasteiger partial charge < -0.3 is 4.90 Å². The molecule has 12 heavy (non-hydrogen) atoms. The normalized spacial score (nSPS) is 11.9. The van der Waals surface area contributed by atoms with E-state index in [0.717, 1.165) is 0 Å². The van der Waals surface area contributed by atoms with Crippen molar-refractivity contribution < 1.29 is 7.54 Å². The van der Waals surface area contributed by atoms with Gasteiger partial charge in [-0.1, -0.05) is 11.6 Å². The van der Waals surface area contributed by atoms with Crippen molar-refractivity contribution in [3.63, 3.8) is 0 Å². The van der Waals surface area contributed by atoms with Crippen LogP contribution in [-0.4, -0.2) is 24.9 Å². The first-order valence-electron chi connectivity index (χ1n) is 4.42. The maximum atomic E-state index is 11.5. The van der Waals surface area contributed by atoms with Crippen molar-refractivity contribution in [2.45, 2.75) is 0 Å². The van der Waals surface area contributed by atoms with Gasteiger partial charge in [0.15, 0.2) is 0 Å². The summed E-state index contributed by atoms with van der Waals surface area (Å²) < 4.78 is 15.0. The zero-order chi connectivity index (χ0) is 10.9. The van der Waals surface area contributed by atoms with Crippen LogP contribution in [0, 0.1) is 0 Å². The van der Waals surface area contributed by atoms with Crippen LogP contribution in [0.3, 0.4) is 0 Å². The molecule has 0 aliphatic carbocycles. The summed E-state index contributed by atoms with van der Waals surface area (Å²) in [5.74, 6) is -0.350. The Balaban J connectivity index is 3.28. The van der Waals surface area contributed by atoms with Gasteiger partial charge in [0.1, 0.15) is 0 Å². The average molecular weight is 186 g/mol. The second kappa shape index (κ2) is 3.59. The van der Waals surface area contributed by atoms with E-state index >= 15 is 0 Å². The highest BCUT2D eigenvalue weighted by atomic mass is 35.5. The molecular weight excluding hydrogens is 174 g/mol. The molecule has 0 N–H and O–H groups in total. The second-order valence-corrected chi connectivity index (χ2v) is 2.97. The maximum absolute atomic E-state index is 11.5. The first-order valence-corrected chi connectivity index (χ1v) is 3.79. The van der Waals surface area contributed by atoms with E-state index in [0.29, 0.717) is 5.02 Å². The van der Waals surface area contributed by atoms with Gasteiger partial charge in [0.05, 0.1) is 2.74 Å². The number of nitrogens with zero attached hydrogens (tertiary/aromatic N) is 1. The fourth-order valence-electron chi connectivity index (χ4n) is 0.713. The minimum Gasteiger partial charge on any atom is -0.345 e. The molecule has 0 atom stereocenters. The van der Waals surface area contributed by atoms with Crippen molar-refractivity contribution in [3.05, 3.63) is 34.8 Å². The van der Waals surface area contributed by atoms with E-state index in [1.165, 1.54) is 17.0 Å². The number of carbonyl (C=O) groups is 1. The quantitative estimate of drug-likeness (QED) is 0.656. The molecule has 0 radical (unpaired) electrons. The summed E-state index contributed by atoms with van der Waals surface area (Å²) in [6.07, 6.45) is 0. The van der Waals surface area contributed by atoms with E-state index in [9.17, 15) is 4.79 Å². The molecule has 0 aliphatic heterocycles. The Kier molecular flexibility index (Phi) is 1.94. The van der Waals surface area contributed by atoms with Gasteiger partial charge in [-0.2, -0.15) is 0 Å². The summed E-state index contributed by atoms with van der Waals surface area (Å²) in [6, 6.07) is 2.69. The largest absolute Gasteiger partial charge is 0.345 e. The van der Waals surface area contributed by atoms with Gasteiger partial charge in [-0.25, -0.2) is 0 Å². The Labute approximate surface area is 79.6 Å². The first kappa shape index (κ1) is 6.49. The highest BCUT2D eigenvalue weighted by Crippen LogP contribution is 2.10. The van der Waals surface area contributed by atoms with Crippen LogP contribution in [0.5, 0.6) is 0 Å². The average Bonchev–Trinajstić information content (AvgIpc) is 2.01. The summed E-state index contributed by atoms with van der Waals surface area (Å²) in [4.78, 5) is 12.9. The van der Waals surface area contributed by atoms with Crippen LogP contribution in [0.1, 0.15) is 13.1 Å². The van der Waals surface area contributed by atoms with Crippen LogP contribution >= 0.6 is 11.6 Å². The maximum Gasteiger partial charge on any atom is 0.253 e. The number of amides is 1. The predicted octanol–water partition coefficient (Wildman–Crippen LogP) is 2.04. The molecule has 0 bridgehead atoms. The molecule has 0 saturated carbocycles. The third-order valence-corrected chi connectivity index (χ3v) is 1.55. The van der Waals surface area contributed by atoms with E-state index in [-0.39, 0.29) is 23.6 Å². The lowest BCUT2D eigenvalue weighted by Crippen LogP contribution is -2.21. The summed E-state index contributed by atoms with van der Waals surface area (Å²) in [5, 5.41) is 0.301. The molecule has 1 amide bonds. The van der Waals surface area contributed by atoms with Crippen LogP contribution in [-0.2, 0) is 0 Å². The number of benzene rings is 1. The lowest BCUT2D eigenvalue weighted by atomic mass is 10.2. The summed E-state index contributed by atoms with van der Waals surface area (Å²) >= 11 is 5.64. The molecule has 0 aromatic heterocycles. The lowest BCUT2D eigenvalue weighted by Gasteiger charge is -2.09. The van der Waals surface area contributed by atoms with E-state index in [2.05, 4.69) is 0 Å². The molecule has 2 nitrogen and oxygen atoms in total. The third kappa shape index (κ3) is 1.98. The van der Waals surface area contributed by atoms with E-state index in [1.807, 2.05) is 0 Å². The molecule has 1 aromatic rings. The summed E-state index contributed by atoms with van der Waals surface area (Å²) in [7, 11) is 3.16. The Morgan fingerprint density at radius 2 is 2.00 bits per heavy atom. The Morgan fingerprint density at radius 3 is 2.42 bits per heavy atom. The number of carbonyl (C=O) groups excluding carboxylic acids is 1. The predicted molar refractivity (Wildman–Crippen MR) is 49.5 cm³/mol. The Morgan fingerprint density at radius 1 is 1.50 bits per heavy atom. The lowest BCUT2D eigenvalue weighted by molar-refractivity contribution is 0.0827. The zero-order valence-electron chi connectivity index (χ0n) is 8.89. The van der Waals surface area contributed by atoms with Gasteiger partial charge in [0.25, 0.3) is 5.91 Å². The fraction of sp³-hybridized carbons (Fsp3) is 0.222. The molecule has 0 aliphatic rings. The topological polar surface area (TPSA) is 20.3 Å². The molecule has 3 heteroatoms. The Bertz CT molecular complexity index is 356. The first-order chi connectivity index (χ1) is 6.43. The molecule has 0 saturated heterocycles. The van der Waals surface area contributed by atoms with E-state index in [1.54, 1.807) is 14.1 Å². The van der Waals surface area contributed by atoms with Crippen LogP contribution in [0.4, 0.5) is 0 Å². The molecule has 0 spiro atoms. The molecule has 64 valence electrons. The molecule has 1 aromatic carbocycles. The highest BCUT2D eigenvalue weighted by molar-refractivity contribution is 6.30. The minimum atomic E-state index is -0.350. The standard InChI is InChI=1S/C9H10ClNO/c1-11(2)9(12)7-3-5-8(10)6-4-7/h3-6H,1-2H3/i3D,4D. The molecule has 0 heterocycles. The zero-order valence-corrected chi connectivity index (χ0v) is 7.64. The van der Waals surface area contributed by atoms with Gasteiger partial charge in [-0.15, -0.1) is 0 Å². The minimum absolute atomic E-state index is 0.0128. The second-order valence-electron chi connectivity index (χ2n) is 2.54. The summed E-state index contributed by atoms with van der Waals surface area (Å²) in [6.45, 7) is 0. The number of halogens is 1. The third-order valence-electron chi connectivity index (χ3n) is 1.33. The number of hydrogen-bond donors (Lipinski definition) is 0. The van der Waals surface area contributed by atoms with E-state index in [4.69, 9.17) is 14.3 Å². The Hall–Kier alpha value is -1.02. The van der Waals surface area contributed by atoms with Crippen molar-refractivity contribution in [3.8, 4) is 0 Å². The number of hydrogen-bond acceptors (Lipinski definition) is 1. The van der Waals surface area contributed by atoms with Gasteiger partial charge >= 0.3 is 0 Å². The molecule has 0 fully saturated rings. The van der Waals surface area contributed by atoms with Gasteiger partial charge in [0, 0.05) is 24.7 Å². The smallest absolute Gasteiger partial charge is 0.253 e. The van der Waals surface area contributed by atoms with Gasteiger partial charge in [-0.05, 0) is 24.2 Å². The van der Waals surface area contributed by atoms with Crippen LogP contribution in [0.2, 0.25) is 5.02 Å². The van der Waals surface area contributed by atoms with Gasteiger partial charge in [-0.3, -0.25) is 4.79 Å². The van der Waals surface area contributed by atoms with Gasteiger partial charge in [0.2, 0.25) is 0 Å². The molecule has 1 rings (SSSR count). The molecular formula is C9H10ClNO.